The van der Waals surface area contributed by atoms with Gasteiger partial charge in [-0.05, 0) is 48.4 Å². The molecule has 1 aromatic heterocycles. The van der Waals surface area contributed by atoms with Crippen LogP contribution in [-0.2, 0) is 19.3 Å². The van der Waals surface area contributed by atoms with Crippen molar-refractivity contribution in [3.05, 3.63) is 120 Å². The fourth-order valence-electron chi connectivity index (χ4n) is 3.50. The highest BCUT2D eigenvalue weighted by atomic mass is 35.5. The topological polar surface area (TPSA) is 68.9 Å². The molecule has 0 radical (unpaired) electrons. The monoisotopic (exact) mass is 534 g/mol. The predicted octanol–water partition coefficient (Wildman–Crippen LogP) is 5.88. The van der Waals surface area contributed by atoms with Gasteiger partial charge in [0.25, 0.3) is 0 Å². The maximum Gasteiger partial charge on any atom is 0.416 e. The summed E-state index contributed by atoms with van der Waals surface area (Å²) in [5, 5.41) is 3.27. The van der Waals surface area contributed by atoms with E-state index in [9.17, 15) is 22.8 Å². The molecule has 0 spiro atoms. The van der Waals surface area contributed by atoms with E-state index < -0.39 is 23.1 Å². The molecule has 0 saturated heterocycles. The second kappa shape index (κ2) is 10.2. The third-order valence-electron chi connectivity index (χ3n) is 5.38. The van der Waals surface area contributed by atoms with Gasteiger partial charge in [-0.15, -0.1) is 0 Å². The lowest BCUT2D eigenvalue weighted by molar-refractivity contribution is -0.137. The molecule has 0 atom stereocenters. The Morgan fingerprint density at radius 1 is 0.861 bits per heavy atom. The van der Waals surface area contributed by atoms with Crippen LogP contribution in [0.4, 0.5) is 24.8 Å². The van der Waals surface area contributed by atoms with Crippen LogP contribution in [0, 0.1) is 6.92 Å². The first kappa shape index (κ1) is 25.5. The average molecular weight is 535 g/mol. The second-order valence-electron chi connectivity index (χ2n) is 8.11. The van der Waals surface area contributed by atoms with Crippen molar-refractivity contribution in [1.82, 2.24) is 14.1 Å². The van der Waals surface area contributed by atoms with Crippen LogP contribution in [0.3, 0.4) is 0 Å². The van der Waals surface area contributed by atoms with Crippen LogP contribution in [-0.4, -0.2) is 14.1 Å². The predicted molar refractivity (Wildman–Crippen MR) is 133 cm³/mol. The van der Waals surface area contributed by atoms with Crippen LogP contribution in [0.15, 0.2) is 76.3 Å². The zero-order valence-electron chi connectivity index (χ0n) is 18.8. The first-order valence-electron chi connectivity index (χ1n) is 10.7. The van der Waals surface area contributed by atoms with Gasteiger partial charge in [0, 0.05) is 5.69 Å². The van der Waals surface area contributed by atoms with Crippen molar-refractivity contribution < 1.29 is 13.2 Å². The minimum absolute atomic E-state index is 0.00954. The van der Waals surface area contributed by atoms with E-state index in [2.05, 4.69) is 10.3 Å². The number of aromatic nitrogens is 3. The summed E-state index contributed by atoms with van der Waals surface area (Å²) >= 11 is 12.1. The number of nitrogens with zero attached hydrogens (tertiary/aromatic N) is 3. The van der Waals surface area contributed by atoms with Gasteiger partial charge in [0.2, 0.25) is 5.95 Å². The lowest BCUT2D eigenvalue weighted by Crippen LogP contribution is -2.43. The van der Waals surface area contributed by atoms with Crippen molar-refractivity contribution in [2.45, 2.75) is 26.2 Å². The van der Waals surface area contributed by atoms with Crippen molar-refractivity contribution >= 4 is 34.8 Å². The van der Waals surface area contributed by atoms with Gasteiger partial charge in [-0.3, -0.25) is 4.57 Å². The number of benzene rings is 3. The van der Waals surface area contributed by atoms with Crippen molar-refractivity contribution in [2.75, 3.05) is 5.32 Å². The van der Waals surface area contributed by atoms with Gasteiger partial charge >= 0.3 is 17.6 Å². The number of anilines is 2. The highest BCUT2D eigenvalue weighted by molar-refractivity contribution is 6.42. The normalized spacial score (nSPS) is 11.5. The molecule has 0 unspecified atom stereocenters. The van der Waals surface area contributed by atoms with Gasteiger partial charge in [-0.2, -0.15) is 18.2 Å². The SMILES string of the molecule is Cc1ccc(Cn2c(=O)nc(Nc3cccc(C(F)(F)F)c3)n(Cc3ccc(Cl)c(Cl)c3)c2=O)cc1. The van der Waals surface area contributed by atoms with Gasteiger partial charge in [-0.25, -0.2) is 14.2 Å². The zero-order valence-corrected chi connectivity index (χ0v) is 20.3. The van der Waals surface area contributed by atoms with Crippen LogP contribution >= 0.6 is 23.2 Å². The summed E-state index contributed by atoms with van der Waals surface area (Å²) in [6, 6.07) is 16.4. The molecule has 4 rings (SSSR count). The molecule has 36 heavy (non-hydrogen) atoms. The Morgan fingerprint density at radius 2 is 1.53 bits per heavy atom. The third-order valence-corrected chi connectivity index (χ3v) is 6.12. The number of nitrogens with one attached hydrogen (secondary N) is 1. The summed E-state index contributed by atoms with van der Waals surface area (Å²) in [5.41, 5.74) is -0.130. The summed E-state index contributed by atoms with van der Waals surface area (Å²) in [6.07, 6.45) is -4.57. The second-order valence-corrected chi connectivity index (χ2v) is 8.92. The first-order valence-corrected chi connectivity index (χ1v) is 11.4. The van der Waals surface area contributed by atoms with E-state index in [-0.39, 0.29) is 29.7 Å². The Bertz CT molecular complexity index is 1530. The highest BCUT2D eigenvalue weighted by Gasteiger charge is 2.30. The minimum Gasteiger partial charge on any atom is -0.325 e. The maximum absolute atomic E-state index is 13.5. The summed E-state index contributed by atoms with van der Waals surface area (Å²) in [5.74, 6) is -0.212. The molecule has 0 aliphatic heterocycles. The number of rotatable bonds is 6. The van der Waals surface area contributed by atoms with Crippen molar-refractivity contribution in [3.63, 3.8) is 0 Å². The molecular weight excluding hydrogens is 516 g/mol. The molecule has 3 aromatic carbocycles. The molecule has 0 aliphatic carbocycles. The third kappa shape index (κ3) is 5.80. The van der Waals surface area contributed by atoms with E-state index in [0.717, 1.165) is 26.8 Å². The molecule has 0 saturated carbocycles. The maximum atomic E-state index is 13.5. The molecule has 0 amide bonds. The van der Waals surface area contributed by atoms with E-state index in [4.69, 9.17) is 23.2 Å². The highest BCUT2D eigenvalue weighted by Crippen LogP contribution is 2.31. The number of alkyl halides is 3. The van der Waals surface area contributed by atoms with Gasteiger partial charge in [0.05, 0.1) is 28.7 Å². The van der Waals surface area contributed by atoms with Gasteiger partial charge < -0.3 is 5.32 Å². The smallest absolute Gasteiger partial charge is 0.325 e. The Morgan fingerprint density at radius 3 is 2.19 bits per heavy atom. The lowest BCUT2D eigenvalue weighted by Gasteiger charge is -2.17. The quantitative estimate of drug-likeness (QED) is 0.335. The number of hydrogen-bond donors (Lipinski definition) is 1. The number of aryl methyl sites for hydroxylation is 1. The fraction of sp³-hybridized carbons (Fsp3) is 0.160. The van der Waals surface area contributed by atoms with E-state index in [0.29, 0.717) is 16.1 Å². The Kier molecular flexibility index (Phi) is 7.23. The van der Waals surface area contributed by atoms with Crippen LogP contribution in [0.1, 0.15) is 22.3 Å². The van der Waals surface area contributed by atoms with E-state index in [1.54, 1.807) is 30.3 Å². The van der Waals surface area contributed by atoms with E-state index >= 15 is 0 Å². The molecular formula is C25H19Cl2F3N4O2. The standard InChI is InChI=1S/C25H19Cl2F3N4O2/c1-15-5-7-16(8-6-15)13-34-23(35)32-22(31-19-4-2-3-18(12-19)25(28,29)30)33(24(34)36)14-17-9-10-20(26)21(27)11-17/h2-12H,13-14H2,1H3,(H,31,32,35). The van der Waals surface area contributed by atoms with E-state index in [1.165, 1.54) is 12.1 Å². The van der Waals surface area contributed by atoms with Crippen molar-refractivity contribution in [2.24, 2.45) is 0 Å². The molecule has 11 heteroatoms. The van der Waals surface area contributed by atoms with Crippen LogP contribution in [0.25, 0.3) is 0 Å². The molecule has 1 N–H and O–H groups in total. The van der Waals surface area contributed by atoms with Crippen LogP contribution < -0.4 is 16.7 Å². The fourth-order valence-corrected chi connectivity index (χ4v) is 3.82. The van der Waals surface area contributed by atoms with Gasteiger partial charge in [-0.1, -0.05) is 65.2 Å². The Labute approximate surface area is 213 Å². The van der Waals surface area contributed by atoms with Crippen molar-refractivity contribution in [3.8, 4) is 0 Å². The lowest BCUT2D eigenvalue weighted by atomic mass is 10.1. The first-order chi connectivity index (χ1) is 17.0. The van der Waals surface area contributed by atoms with Gasteiger partial charge in [0.15, 0.2) is 0 Å². The number of hydrogen-bond acceptors (Lipinski definition) is 4. The van der Waals surface area contributed by atoms with Crippen molar-refractivity contribution in [1.29, 1.82) is 0 Å². The molecule has 0 fully saturated rings. The molecule has 6 nitrogen and oxygen atoms in total. The molecule has 4 aromatic rings. The largest absolute Gasteiger partial charge is 0.416 e. The molecule has 0 aliphatic rings. The molecule has 1 heterocycles. The Balaban J connectivity index is 1.80. The average Bonchev–Trinajstić information content (AvgIpc) is 2.82. The Hall–Kier alpha value is -3.56. The summed E-state index contributed by atoms with van der Waals surface area (Å²) in [6.45, 7) is 1.81. The summed E-state index contributed by atoms with van der Waals surface area (Å²) in [7, 11) is 0. The summed E-state index contributed by atoms with van der Waals surface area (Å²) < 4.78 is 41.7. The van der Waals surface area contributed by atoms with E-state index in [1.807, 2.05) is 19.1 Å². The minimum atomic E-state index is -4.57. The zero-order chi connectivity index (χ0) is 26.0. The van der Waals surface area contributed by atoms with Crippen LogP contribution in [0.5, 0.6) is 0 Å². The van der Waals surface area contributed by atoms with Crippen LogP contribution in [0.2, 0.25) is 10.0 Å². The summed E-state index contributed by atoms with van der Waals surface area (Å²) in [4.78, 5) is 30.3. The van der Waals surface area contributed by atoms with Gasteiger partial charge in [0.1, 0.15) is 0 Å². The molecule has 186 valence electrons. The molecule has 0 bridgehead atoms. The number of halogens is 5.